The minimum absolute atomic E-state index is 0.0150. The van der Waals surface area contributed by atoms with Gasteiger partial charge in [0.25, 0.3) is 0 Å². The van der Waals surface area contributed by atoms with Gasteiger partial charge in [0.2, 0.25) is 5.91 Å². The predicted molar refractivity (Wildman–Crippen MR) is 169 cm³/mol. The number of carboxylic acid groups (broad SMARTS) is 1. The Hall–Kier alpha value is -2.73. The van der Waals surface area contributed by atoms with Crippen LogP contribution in [0.4, 0.5) is 5.69 Å². The van der Waals surface area contributed by atoms with Crippen molar-refractivity contribution in [2.75, 3.05) is 24.7 Å². The fourth-order valence-corrected chi connectivity index (χ4v) is 7.48. The molecule has 43 heavy (non-hydrogen) atoms. The van der Waals surface area contributed by atoms with Gasteiger partial charge in [-0.15, -0.1) is 11.3 Å². The molecule has 2 saturated carbocycles. The molecule has 2 aromatic heterocycles. The van der Waals surface area contributed by atoms with Crippen molar-refractivity contribution in [3.05, 3.63) is 45.9 Å². The number of anilines is 1. The zero-order valence-electron chi connectivity index (χ0n) is 25.8. The van der Waals surface area contributed by atoms with Crippen LogP contribution in [0.1, 0.15) is 98.8 Å². The molecule has 3 aliphatic rings. The zero-order chi connectivity index (χ0) is 30.4. The van der Waals surface area contributed by atoms with E-state index in [1.807, 2.05) is 43.1 Å². The molecule has 2 aliphatic carbocycles. The second kappa shape index (κ2) is 14.4. The highest BCUT2D eigenvalue weighted by molar-refractivity contribution is 7.15. The van der Waals surface area contributed by atoms with Gasteiger partial charge in [-0.25, -0.2) is 4.79 Å². The molecule has 0 aromatic carbocycles. The predicted octanol–water partition coefficient (Wildman–Crippen LogP) is 6.99. The van der Waals surface area contributed by atoms with E-state index in [-0.39, 0.29) is 28.8 Å². The number of ether oxygens (including phenoxy) is 2. The molecule has 3 fully saturated rings. The number of carbonyl (C=O) groups is 2. The number of aromatic nitrogens is 1. The number of nitrogens with zero attached hydrogens (tertiary/aromatic N) is 2. The summed E-state index contributed by atoms with van der Waals surface area (Å²) < 4.78 is 11.4. The second-order valence-corrected chi connectivity index (χ2v) is 14.5. The summed E-state index contributed by atoms with van der Waals surface area (Å²) in [7, 11) is 0. The van der Waals surface area contributed by atoms with E-state index in [9.17, 15) is 14.7 Å². The quantitative estimate of drug-likeness (QED) is 0.310. The largest absolute Gasteiger partial charge is 0.477 e. The van der Waals surface area contributed by atoms with Crippen LogP contribution in [0.15, 0.2) is 30.5 Å². The van der Waals surface area contributed by atoms with E-state index in [1.54, 1.807) is 0 Å². The topological polar surface area (TPSA) is 89.0 Å². The van der Waals surface area contributed by atoms with Crippen molar-refractivity contribution >= 4 is 28.9 Å². The molecule has 5 rings (SSSR count). The van der Waals surface area contributed by atoms with Crippen LogP contribution >= 0.6 is 11.3 Å². The molecule has 1 aliphatic heterocycles. The van der Waals surface area contributed by atoms with Crippen molar-refractivity contribution in [3.63, 3.8) is 0 Å². The third kappa shape index (κ3) is 8.47. The van der Waals surface area contributed by atoms with Gasteiger partial charge in [0, 0.05) is 35.9 Å². The summed E-state index contributed by atoms with van der Waals surface area (Å²) in [5.41, 5.74) is 1.22. The lowest BCUT2D eigenvalue weighted by atomic mass is 9.80. The fourth-order valence-electron chi connectivity index (χ4n) is 6.63. The molecule has 3 heterocycles. The van der Waals surface area contributed by atoms with Crippen molar-refractivity contribution in [2.24, 2.45) is 23.2 Å². The minimum Gasteiger partial charge on any atom is -0.477 e. The Morgan fingerprint density at radius 2 is 1.88 bits per heavy atom. The zero-order valence-corrected chi connectivity index (χ0v) is 26.7. The van der Waals surface area contributed by atoms with E-state index in [2.05, 4.69) is 29.8 Å². The Bertz CT molecular complexity index is 1290. The molecule has 0 radical (unpaired) electrons. The average Bonchev–Trinajstić information content (AvgIpc) is 3.68. The Labute approximate surface area is 260 Å². The highest BCUT2D eigenvalue weighted by atomic mass is 32.1. The first kappa shape index (κ1) is 31.7. The first-order chi connectivity index (χ1) is 20.7. The Kier molecular flexibility index (Phi) is 10.6. The minimum atomic E-state index is -1.00. The van der Waals surface area contributed by atoms with Gasteiger partial charge in [-0.3, -0.25) is 9.78 Å². The number of pyridine rings is 1. The molecule has 1 atom stereocenters. The number of hydrogen-bond acceptors (Lipinski definition) is 6. The lowest BCUT2D eigenvalue weighted by Gasteiger charge is -2.39. The van der Waals surface area contributed by atoms with Crippen LogP contribution in [0, 0.1) is 35.0 Å². The molecule has 232 valence electrons. The van der Waals surface area contributed by atoms with E-state index >= 15 is 0 Å². The number of carbonyl (C=O) groups excluding carboxylic acids is 1. The van der Waals surface area contributed by atoms with Gasteiger partial charge in [-0.1, -0.05) is 24.8 Å². The van der Waals surface area contributed by atoms with Gasteiger partial charge in [0.15, 0.2) is 0 Å². The van der Waals surface area contributed by atoms with Gasteiger partial charge in [0.1, 0.15) is 4.88 Å². The summed E-state index contributed by atoms with van der Waals surface area (Å²) in [5.74, 6) is 6.73. The molecule has 1 saturated heterocycles. The molecule has 0 spiro atoms. The highest BCUT2D eigenvalue weighted by Gasteiger charge is 2.37. The highest BCUT2D eigenvalue weighted by Crippen LogP contribution is 2.40. The van der Waals surface area contributed by atoms with Crippen molar-refractivity contribution in [1.82, 2.24) is 4.98 Å². The number of amides is 1. The van der Waals surface area contributed by atoms with E-state index in [0.29, 0.717) is 35.6 Å². The van der Waals surface area contributed by atoms with E-state index in [4.69, 9.17) is 9.47 Å². The van der Waals surface area contributed by atoms with Crippen molar-refractivity contribution in [1.29, 1.82) is 0 Å². The van der Waals surface area contributed by atoms with Crippen LogP contribution in [-0.2, 0) is 20.7 Å². The van der Waals surface area contributed by atoms with Crippen molar-refractivity contribution in [3.8, 4) is 11.8 Å². The van der Waals surface area contributed by atoms with Crippen molar-refractivity contribution in [2.45, 2.75) is 97.1 Å². The number of thiophene rings is 1. The maximum absolute atomic E-state index is 14.3. The van der Waals surface area contributed by atoms with E-state index in [0.717, 1.165) is 76.5 Å². The van der Waals surface area contributed by atoms with Gasteiger partial charge in [-0.05, 0) is 108 Å². The van der Waals surface area contributed by atoms with E-state index < -0.39 is 11.4 Å². The van der Waals surface area contributed by atoms with Gasteiger partial charge < -0.3 is 19.5 Å². The fraction of sp³-hybridized carbons (Fsp3) is 0.629. The summed E-state index contributed by atoms with van der Waals surface area (Å²) in [5, 5.41) is 10.3. The van der Waals surface area contributed by atoms with E-state index in [1.165, 1.54) is 11.3 Å². The summed E-state index contributed by atoms with van der Waals surface area (Å²) in [6, 6.07) is 7.89. The first-order valence-electron chi connectivity index (χ1n) is 16.0. The van der Waals surface area contributed by atoms with Crippen LogP contribution in [0.25, 0.3) is 0 Å². The maximum Gasteiger partial charge on any atom is 0.348 e. The van der Waals surface area contributed by atoms with Gasteiger partial charge >= 0.3 is 5.97 Å². The van der Waals surface area contributed by atoms with Crippen LogP contribution in [0.5, 0.6) is 0 Å². The molecule has 0 bridgehead atoms. The monoisotopic (exact) mass is 606 g/mol. The molecule has 1 N–H and O–H groups in total. The number of aromatic carboxylic acids is 1. The Balaban J connectivity index is 1.37. The smallest absolute Gasteiger partial charge is 0.348 e. The standard InChI is InChI=1S/C35H46N2O5S/c1-24-7-11-26(12-8-24)33(38)37(28-13-9-25(10-14-28)20-27-6-4-5-18-36-27)31-21-30(43-32(31)34(39)40)15-17-35(2,3)23-42-29-16-19-41-22-29/h4-6,18,21,24-26,28-29H,7-14,16,19-20,22-23H2,1-3H3,(H,39,40). The number of hydrogen-bond donors (Lipinski definition) is 1. The molecular weight excluding hydrogens is 560 g/mol. The number of carboxylic acids is 1. The Morgan fingerprint density at radius 3 is 2.53 bits per heavy atom. The molecule has 8 heteroatoms. The summed E-state index contributed by atoms with van der Waals surface area (Å²) in [6.45, 7) is 8.14. The van der Waals surface area contributed by atoms with Crippen LogP contribution in [-0.4, -0.2) is 53.9 Å². The SMILES string of the molecule is CC1CCC(C(=O)N(c2cc(C#CC(C)(C)COC3CCOC3)sc2C(=O)O)C2CCC(Cc3ccccn3)CC2)CC1. The van der Waals surface area contributed by atoms with Crippen LogP contribution < -0.4 is 4.90 Å². The second-order valence-electron chi connectivity index (χ2n) is 13.4. The van der Waals surface area contributed by atoms with Crippen molar-refractivity contribution < 1.29 is 24.2 Å². The normalized spacial score (nSPS) is 26.0. The molecule has 7 nitrogen and oxygen atoms in total. The van der Waals surface area contributed by atoms with Crippen LogP contribution in [0.3, 0.4) is 0 Å². The first-order valence-corrected chi connectivity index (χ1v) is 16.8. The lowest BCUT2D eigenvalue weighted by molar-refractivity contribution is -0.124. The van der Waals surface area contributed by atoms with Crippen LogP contribution in [0.2, 0.25) is 0 Å². The molecular formula is C35H46N2O5S. The summed E-state index contributed by atoms with van der Waals surface area (Å²) in [4.78, 5) is 34.1. The van der Waals surface area contributed by atoms with Gasteiger partial charge in [-0.2, -0.15) is 0 Å². The third-order valence-electron chi connectivity index (χ3n) is 9.27. The van der Waals surface area contributed by atoms with Gasteiger partial charge in [0.05, 0.1) is 29.9 Å². The lowest BCUT2D eigenvalue weighted by Crippen LogP contribution is -2.46. The number of rotatable bonds is 9. The Morgan fingerprint density at radius 1 is 1.12 bits per heavy atom. The summed E-state index contributed by atoms with van der Waals surface area (Å²) in [6.07, 6.45) is 11.3. The third-order valence-corrected chi connectivity index (χ3v) is 10.3. The molecule has 1 amide bonds. The maximum atomic E-state index is 14.3. The molecule has 1 unspecified atom stereocenters. The summed E-state index contributed by atoms with van der Waals surface area (Å²) >= 11 is 1.17. The molecule has 2 aromatic rings. The average molecular weight is 607 g/mol.